The quantitative estimate of drug-likeness (QED) is 0.576. The summed E-state index contributed by atoms with van der Waals surface area (Å²) in [6, 6.07) is 18.4. The molecule has 0 aromatic heterocycles. The van der Waals surface area contributed by atoms with Gasteiger partial charge in [-0.3, -0.25) is 4.79 Å². The van der Waals surface area contributed by atoms with Gasteiger partial charge in [-0.25, -0.2) is 0 Å². The zero-order valence-corrected chi connectivity index (χ0v) is 15.1. The minimum absolute atomic E-state index is 0.0567. The number of thioether (sulfide) groups is 1. The Morgan fingerprint density at radius 3 is 2.67 bits per heavy atom. The highest BCUT2D eigenvalue weighted by Gasteiger charge is 2.04. The van der Waals surface area contributed by atoms with Crippen LogP contribution in [0.3, 0.4) is 0 Å². The molecule has 2 aromatic rings. The summed E-state index contributed by atoms with van der Waals surface area (Å²) < 4.78 is 0. The summed E-state index contributed by atoms with van der Waals surface area (Å²) in [6.45, 7) is 6.56. The highest BCUT2D eigenvalue weighted by Crippen LogP contribution is 2.17. The van der Waals surface area contributed by atoms with E-state index in [-0.39, 0.29) is 5.91 Å². The largest absolute Gasteiger partial charge is 0.370 e. The summed E-state index contributed by atoms with van der Waals surface area (Å²) in [6.07, 6.45) is 1.58. The standard InChI is InChI=1S/C20H24N2OS/c1-3-22(18-9-7-8-17(2)16-18)14-13-21-20(23)12-15-24-19-10-5-4-6-11-19/h4-12,15-16H,3,13-14H2,1-2H3,(H,21,23). The van der Waals surface area contributed by atoms with Crippen molar-refractivity contribution in [2.24, 2.45) is 0 Å². The molecule has 4 heteroatoms. The molecule has 0 unspecified atom stereocenters. The molecule has 0 aliphatic carbocycles. The van der Waals surface area contributed by atoms with Crippen LogP contribution < -0.4 is 10.2 Å². The highest BCUT2D eigenvalue weighted by atomic mass is 32.2. The fourth-order valence-electron chi connectivity index (χ4n) is 2.34. The molecule has 0 aliphatic rings. The zero-order chi connectivity index (χ0) is 17.2. The zero-order valence-electron chi connectivity index (χ0n) is 14.2. The Hall–Kier alpha value is -2.20. The fourth-order valence-corrected chi connectivity index (χ4v) is 3.00. The maximum absolute atomic E-state index is 11.9. The number of benzene rings is 2. The highest BCUT2D eigenvalue weighted by molar-refractivity contribution is 8.02. The van der Waals surface area contributed by atoms with Crippen LogP contribution >= 0.6 is 11.8 Å². The second-order valence-corrected chi connectivity index (χ2v) is 6.42. The third-order valence-electron chi connectivity index (χ3n) is 3.60. The molecular weight excluding hydrogens is 316 g/mol. The number of hydrogen-bond donors (Lipinski definition) is 1. The Labute approximate surface area is 148 Å². The third kappa shape index (κ3) is 6.13. The van der Waals surface area contributed by atoms with E-state index in [4.69, 9.17) is 0 Å². The van der Waals surface area contributed by atoms with Gasteiger partial charge < -0.3 is 10.2 Å². The first-order valence-corrected chi connectivity index (χ1v) is 9.04. The number of likely N-dealkylation sites (N-methyl/N-ethyl adjacent to an activating group) is 1. The average molecular weight is 340 g/mol. The molecule has 0 bridgehead atoms. The van der Waals surface area contributed by atoms with E-state index in [1.807, 2.05) is 35.7 Å². The SMILES string of the molecule is CCN(CCNC(=O)C=CSc1ccccc1)c1cccc(C)c1. The van der Waals surface area contributed by atoms with Gasteiger partial charge in [-0.05, 0) is 49.1 Å². The summed E-state index contributed by atoms with van der Waals surface area (Å²) in [5, 5.41) is 4.76. The molecule has 0 atom stereocenters. The number of nitrogens with one attached hydrogen (secondary N) is 1. The van der Waals surface area contributed by atoms with Gasteiger partial charge in [-0.2, -0.15) is 0 Å². The summed E-state index contributed by atoms with van der Waals surface area (Å²) in [5.41, 5.74) is 2.44. The first-order chi connectivity index (χ1) is 11.7. The van der Waals surface area contributed by atoms with E-state index >= 15 is 0 Å². The van der Waals surface area contributed by atoms with Gasteiger partial charge in [0.15, 0.2) is 0 Å². The van der Waals surface area contributed by atoms with Crippen molar-refractivity contribution < 1.29 is 4.79 Å². The molecule has 1 amide bonds. The molecule has 0 saturated heterocycles. The molecule has 2 aromatic carbocycles. The lowest BCUT2D eigenvalue weighted by Crippen LogP contribution is -2.34. The van der Waals surface area contributed by atoms with E-state index in [1.165, 1.54) is 23.0 Å². The number of carbonyl (C=O) groups is 1. The molecule has 0 radical (unpaired) electrons. The van der Waals surface area contributed by atoms with Crippen molar-refractivity contribution in [3.8, 4) is 0 Å². The van der Waals surface area contributed by atoms with Crippen LogP contribution in [-0.4, -0.2) is 25.5 Å². The number of rotatable bonds is 8. The van der Waals surface area contributed by atoms with Crippen molar-refractivity contribution in [2.75, 3.05) is 24.5 Å². The van der Waals surface area contributed by atoms with E-state index in [2.05, 4.69) is 48.3 Å². The molecule has 0 aliphatic heterocycles. The van der Waals surface area contributed by atoms with Gasteiger partial charge >= 0.3 is 0 Å². The third-order valence-corrected chi connectivity index (χ3v) is 4.41. The Bertz CT molecular complexity index is 670. The summed E-state index contributed by atoms with van der Waals surface area (Å²) >= 11 is 1.54. The second kappa shape index (κ2) is 9.83. The summed E-state index contributed by atoms with van der Waals surface area (Å²) in [4.78, 5) is 15.2. The van der Waals surface area contributed by atoms with E-state index < -0.39 is 0 Å². The van der Waals surface area contributed by atoms with Crippen LogP contribution in [-0.2, 0) is 4.79 Å². The normalized spacial score (nSPS) is 10.8. The molecule has 0 spiro atoms. The molecule has 126 valence electrons. The molecule has 2 rings (SSSR count). The fraction of sp³-hybridized carbons (Fsp3) is 0.250. The first kappa shape index (κ1) is 18.1. The smallest absolute Gasteiger partial charge is 0.244 e. The number of amides is 1. The molecule has 3 nitrogen and oxygen atoms in total. The van der Waals surface area contributed by atoms with E-state index in [9.17, 15) is 4.79 Å². The predicted molar refractivity (Wildman–Crippen MR) is 104 cm³/mol. The van der Waals surface area contributed by atoms with Gasteiger partial charge in [0.25, 0.3) is 0 Å². The minimum Gasteiger partial charge on any atom is -0.370 e. The Balaban J connectivity index is 1.75. The Morgan fingerprint density at radius 1 is 1.17 bits per heavy atom. The molecule has 0 heterocycles. The Kier molecular flexibility index (Phi) is 7.43. The summed E-state index contributed by atoms with van der Waals surface area (Å²) in [5.74, 6) is -0.0567. The molecule has 0 saturated carbocycles. The number of anilines is 1. The van der Waals surface area contributed by atoms with Crippen molar-refractivity contribution in [2.45, 2.75) is 18.7 Å². The van der Waals surface area contributed by atoms with Crippen LogP contribution in [0.1, 0.15) is 12.5 Å². The monoisotopic (exact) mass is 340 g/mol. The second-order valence-electron chi connectivity index (χ2n) is 5.44. The van der Waals surface area contributed by atoms with Crippen LogP contribution in [0.15, 0.2) is 71.0 Å². The number of hydrogen-bond acceptors (Lipinski definition) is 3. The molecule has 1 N–H and O–H groups in total. The average Bonchev–Trinajstić information content (AvgIpc) is 2.60. The first-order valence-electron chi connectivity index (χ1n) is 8.16. The van der Waals surface area contributed by atoms with Gasteiger partial charge in [0.05, 0.1) is 0 Å². The van der Waals surface area contributed by atoms with Crippen molar-refractivity contribution in [1.82, 2.24) is 5.32 Å². The lowest BCUT2D eigenvalue weighted by Gasteiger charge is -2.23. The van der Waals surface area contributed by atoms with Crippen LogP contribution in [0, 0.1) is 6.92 Å². The minimum atomic E-state index is -0.0567. The number of nitrogens with zero attached hydrogens (tertiary/aromatic N) is 1. The molecular formula is C20H24N2OS. The lowest BCUT2D eigenvalue weighted by molar-refractivity contribution is -0.116. The van der Waals surface area contributed by atoms with E-state index in [1.54, 1.807) is 6.08 Å². The Morgan fingerprint density at radius 2 is 1.96 bits per heavy atom. The topological polar surface area (TPSA) is 32.3 Å². The van der Waals surface area contributed by atoms with E-state index in [0.717, 1.165) is 18.0 Å². The van der Waals surface area contributed by atoms with Crippen molar-refractivity contribution in [3.05, 3.63) is 71.6 Å². The van der Waals surface area contributed by atoms with Crippen molar-refractivity contribution >= 4 is 23.4 Å². The number of aryl methyl sites for hydroxylation is 1. The number of carbonyl (C=O) groups excluding carboxylic acids is 1. The van der Waals surface area contributed by atoms with Crippen molar-refractivity contribution in [3.63, 3.8) is 0 Å². The predicted octanol–water partition coefficient (Wildman–Crippen LogP) is 4.24. The molecule has 24 heavy (non-hydrogen) atoms. The maximum Gasteiger partial charge on any atom is 0.244 e. The van der Waals surface area contributed by atoms with Gasteiger partial charge in [0, 0.05) is 36.3 Å². The van der Waals surface area contributed by atoms with Gasteiger partial charge in [0.2, 0.25) is 5.91 Å². The van der Waals surface area contributed by atoms with Crippen LogP contribution in [0.5, 0.6) is 0 Å². The van der Waals surface area contributed by atoms with E-state index in [0.29, 0.717) is 6.54 Å². The lowest BCUT2D eigenvalue weighted by atomic mass is 10.2. The molecule has 0 fully saturated rings. The van der Waals surface area contributed by atoms with Gasteiger partial charge in [0.1, 0.15) is 0 Å². The van der Waals surface area contributed by atoms with Crippen LogP contribution in [0.25, 0.3) is 0 Å². The maximum atomic E-state index is 11.9. The van der Waals surface area contributed by atoms with Gasteiger partial charge in [-0.15, -0.1) is 0 Å². The van der Waals surface area contributed by atoms with Crippen LogP contribution in [0.4, 0.5) is 5.69 Å². The van der Waals surface area contributed by atoms with Gasteiger partial charge in [-0.1, -0.05) is 42.1 Å². The van der Waals surface area contributed by atoms with Crippen LogP contribution in [0.2, 0.25) is 0 Å². The van der Waals surface area contributed by atoms with Crippen molar-refractivity contribution in [1.29, 1.82) is 0 Å². The summed E-state index contributed by atoms with van der Waals surface area (Å²) in [7, 11) is 0.